The number of fused-ring (bicyclic) bond motifs is 1. The van der Waals surface area contributed by atoms with Crippen LogP contribution in [0.25, 0.3) is 0 Å². The van der Waals surface area contributed by atoms with Crippen LogP contribution < -0.4 is 14.4 Å². The largest absolute Gasteiger partial charge is 0.484 e. The van der Waals surface area contributed by atoms with Crippen LogP contribution >= 0.6 is 23.2 Å². The van der Waals surface area contributed by atoms with Crippen molar-refractivity contribution in [2.24, 2.45) is 0 Å². The Morgan fingerprint density at radius 1 is 1.03 bits per heavy atom. The number of hydrogen-bond donors (Lipinski definition) is 1. The molecule has 0 aromatic heterocycles. The van der Waals surface area contributed by atoms with E-state index in [1.807, 2.05) is 24.3 Å². The summed E-state index contributed by atoms with van der Waals surface area (Å²) < 4.78 is 32.9. The zero-order valence-electron chi connectivity index (χ0n) is 16.2. The third-order valence-electron chi connectivity index (χ3n) is 4.83. The first-order valence-corrected chi connectivity index (χ1v) is 11.6. The van der Waals surface area contributed by atoms with Gasteiger partial charge in [-0.1, -0.05) is 41.4 Å². The van der Waals surface area contributed by atoms with Crippen molar-refractivity contribution in [1.82, 2.24) is 0 Å². The van der Waals surface area contributed by atoms with Crippen molar-refractivity contribution in [1.29, 1.82) is 0 Å². The number of carbonyl (C=O) groups excluding carboxylic acids is 1. The lowest BCUT2D eigenvalue weighted by Crippen LogP contribution is -2.29. The lowest BCUT2D eigenvalue weighted by atomic mass is 10.2. The lowest BCUT2D eigenvalue weighted by Gasteiger charge is -2.19. The molecule has 31 heavy (non-hydrogen) atoms. The van der Waals surface area contributed by atoms with Crippen LogP contribution in [0.1, 0.15) is 5.56 Å². The monoisotopic (exact) mass is 476 g/mol. The highest BCUT2D eigenvalue weighted by Gasteiger charge is 2.30. The number of benzene rings is 3. The highest BCUT2D eigenvalue weighted by atomic mass is 35.5. The van der Waals surface area contributed by atoms with E-state index in [4.69, 9.17) is 27.9 Å². The molecule has 0 bridgehead atoms. The van der Waals surface area contributed by atoms with E-state index in [0.29, 0.717) is 40.1 Å². The molecule has 1 aliphatic heterocycles. The highest BCUT2D eigenvalue weighted by molar-refractivity contribution is 7.92. The lowest BCUT2D eigenvalue weighted by molar-refractivity contribution is -0.118. The van der Waals surface area contributed by atoms with Gasteiger partial charge >= 0.3 is 0 Å². The molecule has 0 aliphatic carbocycles. The topological polar surface area (TPSA) is 75.7 Å². The number of amides is 1. The Bertz CT molecular complexity index is 1230. The van der Waals surface area contributed by atoms with Crippen molar-refractivity contribution >= 4 is 50.5 Å². The first-order valence-electron chi connectivity index (χ1n) is 9.43. The Morgan fingerprint density at radius 2 is 1.77 bits per heavy atom. The van der Waals surface area contributed by atoms with Crippen LogP contribution in [-0.2, 0) is 21.2 Å². The average Bonchev–Trinajstić information content (AvgIpc) is 3.20. The summed E-state index contributed by atoms with van der Waals surface area (Å²) >= 11 is 11.9. The fraction of sp³-hybridized carbons (Fsp3) is 0.136. The van der Waals surface area contributed by atoms with Gasteiger partial charge in [-0.15, -0.1) is 0 Å². The van der Waals surface area contributed by atoms with Crippen molar-refractivity contribution in [2.45, 2.75) is 11.3 Å². The molecule has 0 atom stereocenters. The molecule has 1 aliphatic rings. The van der Waals surface area contributed by atoms with E-state index in [9.17, 15) is 13.2 Å². The summed E-state index contributed by atoms with van der Waals surface area (Å²) in [6, 6.07) is 18.2. The SMILES string of the molecule is O=C(COc1ccc(S(=O)(=O)N2CCc3ccccc32)cc1)Nc1ccc(Cl)cc1Cl. The molecule has 0 saturated heterocycles. The third-order valence-corrected chi connectivity index (χ3v) is 7.21. The fourth-order valence-electron chi connectivity index (χ4n) is 3.32. The molecule has 3 aromatic rings. The molecule has 1 amide bonds. The molecule has 6 nitrogen and oxygen atoms in total. The second-order valence-electron chi connectivity index (χ2n) is 6.89. The number of halogens is 2. The van der Waals surface area contributed by atoms with E-state index in [-0.39, 0.29) is 11.5 Å². The van der Waals surface area contributed by atoms with E-state index in [1.54, 1.807) is 12.1 Å². The van der Waals surface area contributed by atoms with Crippen molar-refractivity contribution < 1.29 is 17.9 Å². The number of ether oxygens (including phenoxy) is 1. The maximum absolute atomic E-state index is 13.0. The van der Waals surface area contributed by atoms with Crippen LogP contribution in [0.3, 0.4) is 0 Å². The molecule has 3 aromatic carbocycles. The van der Waals surface area contributed by atoms with Gasteiger partial charge in [-0.05, 0) is 60.5 Å². The minimum absolute atomic E-state index is 0.161. The molecule has 1 N–H and O–H groups in total. The van der Waals surface area contributed by atoms with Crippen LogP contribution in [0.4, 0.5) is 11.4 Å². The number of hydrogen-bond acceptors (Lipinski definition) is 4. The average molecular weight is 477 g/mol. The van der Waals surface area contributed by atoms with Crippen molar-refractivity contribution in [2.75, 3.05) is 22.8 Å². The molecule has 0 unspecified atom stereocenters. The Balaban J connectivity index is 1.40. The molecular weight excluding hydrogens is 459 g/mol. The fourth-order valence-corrected chi connectivity index (χ4v) is 5.28. The van der Waals surface area contributed by atoms with Crippen LogP contribution in [-0.4, -0.2) is 27.5 Å². The van der Waals surface area contributed by atoms with Gasteiger partial charge in [0.25, 0.3) is 15.9 Å². The standard InChI is InChI=1S/C22H18Cl2N2O4S/c23-16-5-10-20(19(24)13-16)25-22(27)14-30-17-6-8-18(9-7-17)31(28,29)26-12-11-15-3-1-2-4-21(15)26/h1-10,13H,11-12,14H2,(H,25,27). The molecule has 4 rings (SSSR count). The Kier molecular flexibility index (Phi) is 6.09. The van der Waals surface area contributed by atoms with Gasteiger partial charge in [0.15, 0.2) is 6.61 Å². The molecule has 0 saturated carbocycles. The molecular formula is C22H18Cl2N2O4S. The maximum atomic E-state index is 13.0. The number of carbonyl (C=O) groups is 1. The molecule has 0 radical (unpaired) electrons. The molecule has 1 heterocycles. The summed E-state index contributed by atoms with van der Waals surface area (Å²) in [5, 5.41) is 3.42. The van der Waals surface area contributed by atoms with Gasteiger partial charge in [0.2, 0.25) is 0 Å². The Labute approximate surface area is 190 Å². The first-order chi connectivity index (χ1) is 14.8. The van der Waals surface area contributed by atoms with Crippen molar-refractivity contribution in [3.8, 4) is 5.75 Å². The normalized spacial score (nSPS) is 13.0. The predicted molar refractivity (Wildman–Crippen MR) is 122 cm³/mol. The van der Waals surface area contributed by atoms with E-state index in [1.165, 1.54) is 34.6 Å². The third kappa shape index (κ3) is 4.63. The van der Waals surface area contributed by atoms with Crippen LogP contribution in [0.5, 0.6) is 5.75 Å². The van der Waals surface area contributed by atoms with Gasteiger partial charge in [0.1, 0.15) is 5.75 Å². The molecule has 160 valence electrons. The molecule has 9 heteroatoms. The Hall–Kier alpha value is -2.74. The summed E-state index contributed by atoms with van der Waals surface area (Å²) in [6.45, 7) is 0.151. The number of nitrogens with zero attached hydrogens (tertiary/aromatic N) is 1. The second kappa shape index (κ2) is 8.78. The molecule has 0 spiro atoms. The van der Waals surface area contributed by atoms with Crippen molar-refractivity contribution in [3.05, 3.63) is 82.3 Å². The van der Waals surface area contributed by atoms with Crippen molar-refractivity contribution in [3.63, 3.8) is 0 Å². The highest BCUT2D eigenvalue weighted by Crippen LogP contribution is 2.33. The molecule has 0 fully saturated rings. The van der Waals surface area contributed by atoms with Gasteiger partial charge in [0, 0.05) is 11.6 Å². The summed E-state index contributed by atoms with van der Waals surface area (Å²) in [5.41, 5.74) is 2.14. The number of nitrogens with one attached hydrogen (secondary N) is 1. The van der Waals surface area contributed by atoms with E-state index in [2.05, 4.69) is 5.32 Å². The van der Waals surface area contributed by atoms with E-state index < -0.39 is 15.9 Å². The van der Waals surface area contributed by atoms with Crippen LogP contribution in [0.2, 0.25) is 10.0 Å². The van der Waals surface area contributed by atoms with Gasteiger partial charge in [0.05, 0.1) is 21.3 Å². The van der Waals surface area contributed by atoms with Gasteiger partial charge in [-0.2, -0.15) is 0 Å². The van der Waals surface area contributed by atoms with E-state index in [0.717, 1.165) is 5.56 Å². The number of rotatable bonds is 6. The van der Waals surface area contributed by atoms with Gasteiger partial charge < -0.3 is 10.1 Å². The van der Waals surface area contributed by atoms with Gasteiger partial charge in [-0.3, -0.25) is 9.10 Å². The van der Waals surface area contributed by atoms with E-state index >= 15 is 0 Å². The minimum Gasteiger partial charge on any atom is -0.484 e. The smallest absolute Gasteiger partial charge is 0.264 e. The quantitative estimate of drug-likeness (QED) is 0.556. The first kappa shape index (κ1) is 21.5. The number of anilines is 2. The minimum atomic E-state index is -3.68. The second-order valence-corrected chi connectivity index (χ2v) is 9.59. The maximum Gasteiger partial charge on any atom is 0.264 e. The summed E-state index contributed by atoms with van der Waals surface area (Å²) in [5.74, 6) is -0.0345. The van der Waals surface area contributed by atoms with Crippen LogP contribution in [0, 0.1) is 0 Å². The van der Waals surface area contributed by atoms with Crippen LogP contribution in [0.15, 0.2) is 71.6 Å². The summed E-state index contributed by atoms with van der Waals surface area (Å²) in [6.07, 6.45) is 0.684. The summed E-state index contributed by atoms with van der Waals surface area (Å²) in [4.78, 5) is 12.3. The number of para-hydroxylation sites is 1. The zero-order valence-corrected chi connectivity index (χ0v) is 18.5. The Morgan fingerprint density at radius 3 is 2.52 bits per heavy atom. The predicted octanol–water partition coefficient (Wildman–Crippen LogP) is 4.76. The summed E-state index contributed by atoms with van der Waals surface area (Å²) in [7, 11) is -3.68. The number of sulfonamides is 1. The zero-order chi connectivity index (χ0) is 22.0. The van der Waals surface area contributed by atoms with Gasteiger partial charge in [-0.25, -0.2) is 8.42 Å².